The van der Waals surface area contributed by atoms with Crippen LogP contribution in [0.4, 0.5) is 5.82 Å². The highest BCUT2D eigenvalue weighted by Crippen LogP contribution is 2.23. The Balaban J connectivity index is 2.43. The lowest BCUT2D eigenvalue weighted by Gasteiger charge is -2.11. The maximum atomic E-state index is 10.8. The molecular weight excluding hydrogens is 286 g/mol. The number of sulfonamides is 1. The first kappa shape index (κ1) is 16.3. The monoisotopic (exact) mass is 303 g/mol. The van der Waals surface area contributed by atoms with E-state index in [1.165, 1.54) is 12.3 Å². The van der Waals surface area contributed by atoms with E-state index in [1.807, 2.05) is 6.92 Å². The Morgan fingerprint density at radius 1 is 1.50 bits per heavy atom. The second kappa shape index (κ2) is 7.15. The average molecular weight is 303 g/mol. The molecule has 1 aromatic heterocycles. The quantitative estimate of drug-likeness (QED) is 0.565. The van der Waals surface area contributed by atoms with Crippen LogP contribution in [-0.4, -0.2) is 30.7 Å². The minimum Gasteiger partial charge on any atom is -0.486 e. The first-order chi connectivity index (χ1) is 9.29. The lowest BCUT2D eigenvalue weighted by molar-refractivity contribution is -0.390. The maximum Gasteiger partial charge on any atom is 0.406 e. The maximum absolute atomic E-state index is 10.8. The van der Waals surface area contributed by atoms with Crippen LogP contribution in [0.3, 0.4) is 0 Å². The van der Waals surface area contributed by atoms with Crippen molar-refractivity contribution in [2.24, 2.45) is 11.1 Å². The summed E-state index contributed by atoms with van der Waals surface area (Å²) in [6.45, 7) is 2.12. The molecule has 1 rings (SSSR count). The van der Waals surface area contributed by atoms with E-state index in [0.29, 0.717) is 12.8 Å². The molecule has 112 valence electrons. The van der Waals surface area contributed by atoms with Crippen molar-refractivity contribution >= 4 is 15.8 Å². The minimum absolute atomic E-state index is 0.0821. The van der Waals surface area contributed by atoms with Crippen LogP contribution in [-0.2, 0) is 10.0 Å². The van der Waals surface area contributed by atoms with Crippen molar-refractivity contribution in [3.8, 4) is 5.75 Å². The van der Waals surface area contributed by atoms with Gasteiger partial charge in [-0.2, -0.15) is 0 Å². The standard InChI is InChI=1S/C11H17N3O5S/c1-9(5-8-20(12,17)18)4-7-19-10-3-2-6-13-11(10)14(15)16/h2-3,6,9H,4-5,7-8H2,1H3,(H2,12,17,18). The molecule has 0 amide bonds. The molecule has 0 bridgehead atoms. The summed E-state index contributed by atoms with van der Waals surface area (Å²) in [6, 6.07) is 3.02. The Kier molecular flexibility index (Phi) is 5.83. The Morgan fingerprint density at radius 3 is 2.80 bits per heavy atom. The summed E-state index contributed by atoms with van der Waals surface area (Å²) in [5.74, 6) is -0.216. The number of ether oxygens (including phenoxy) is 1. The number of rotatable bonds is 8. The lowest BCUT2D eigenvalue weighted by atomic mass is 10.1. The number of primary sulfonamides is 1. The highest BCUT2D eigenvalue weighted by molar-refractivity contribution is 7.89. The summed E-state index contributed by atoms with van der Waals surface area (Å²) in [5.41, 5.74) is 0. The normalized spacial score (nSPS) is 12.9. The number of aromatic nitrogens is 1. The molecule has 0 spiro atoms. The first-order valence-corrected chi connectivity index (χ1v) is 7.74. The average Bonchev–Trinajstić information content (AvgIpc) is 2.36. The SMILES string of the molecule is CC(CCOc1cccnc1[N+](=O)[O-])CCS(N)(=O)=O. The van der Waals surface area contributed by atoms with Crippen molar-refractivity contribution in [3.05, 3.63) is 28.4 Å². The Labute approximate surface area is 117 Å². The zero-order valence-electron chi connectivity index (χ0n) is 11.1. The molecule has 0 fully saturated rings. The summed E-state index contributed by atoms with van der Waals surface area (Å²) in [6.07, 6.45) is 2.32. The third-order valence-corrected chi connectivity index (χ3v) is 3.49. The predicted molar refractivity (Wildman–Crippen MR) is 72.8 cm³/mol. The second-order valence-corrected chi connectivity index (χ2v) is 6.21. The topological polar surface area (TPSA) is 125 Å². The number of nitro groups is 1. The van der Waals surface area contributed by atoms with Crippen molar-refractivity contribution in [1.29, 1.82) is 0 Å². The highest BCUT2D eigenvalue weighted by atomic mass is 32.2. The van der Waals surface area contributed by atoms with Gasteiger partial charge in [0, 0.05) is 0 Å². The lowest BCUT2D eigenvalue weighted by Crippen LogP contribution is -2.18. The van der Waals surface area contributed by atoms with Crippen LogP contribution in [0.1, 0.15) is 19.8 Å². The smallest absolute Gasteiger partial charge is 0.406 e. The summed E-state index contributed by atoms with van der Waals surface area (Å²) in [4.78, 5) is 13.7. The molecule has 1 aromatic rings. The van der Waals surface area contributed by atoms with Gasteiger partial charge in [0.25, 0.3) is 0 Å². The van der Waals surface area contributed by atoms with Crippen molar-refractivity contribution in [1.82, 2.24) is 4.98 Å². The third kappa shape index (κ3) is 5.93. The van der Waals surface area contributed by atoms with Gasteiger partial charge in [0.15, 0.2) is 0 Å². The van der Waals surface area contributed by atoms with Crippen LogP contribution in [0.2, 0.25) is 0 Å². The molecule has 20 heavy (non-hydrogen) atoms. The van der Waals surface area contributed by atoms with Crippen LogP contribution >= 0.6 is 0 Å². The number of hydrogen-bond donors (Lipinski definition) is 1. The fraction of sp³-hybridized carbons (Fsp3) is 0.545. The van der Waals surface area contributed by atoms with Gasteiger partial charge >= 0.3 is 5.82 Å². The molecule has 0 saturated carbocycles. The van der Waals surface area contributed by atoms with Crippen molar-refractivity contribution < 1.29 is 18.1 Å². The molecule has 9 heteroatoms. The van der Waals surface area contributed by atoms with Gasteiger partial charge in [-0.15, -0.1) is 0 Å². The molecular formula is C11H17N3O5S. The zero-order chi connectivity index (χ0) is 15.2. The Morgan fingerprint density at radius 2 is 2.20 bits per heavy atom. The molecule has 0 aliphatic heterocycles. The van der Waals surface area contributed by atoms with Crippen molar-refractivity contribution in [3.63, 3.8) is 0 Å². The molecule has 0 radical (unpaired) electrons. The van der Waals surface area contributed by atoms with Crippen LogP contribution in [0.5, 0.6) is 5.75 Å². The predicted octanol–water partition coefficient (Wildman–Crippen LogP) is 1.07. The number of nitrogens with zero attached hydrogens (tertiary/aromatic N) is 2. The number of hydrogen-bond acceptors (Lipinski definition) is 6. The molecule has 0 aliphatic carbocycles. The molecule has 8 nitrogen and oxygen atoms in total. The summed E-state index contributed by atoms with van der Waals surface area (Å²) < 4.78 is 26.9. The van der Waals surface area contributed by atoms with E-state index in [9.17, 15) is 18.5 Å². The van der Waals surface area contributed by atoms with Crippen LogP contribution < -0.4 is 9.88 Å². The van der Waals surface area contributed by atoms with Crippen LogP contribution in [0, 0.1) is 16.0 Å². The zero-order valence-corrected chi connectivity index (χ0v) is 11.9. The van der Waals surface area contributed by atoms with E-state index >= 15 is 0 Å². The van der Waals surface area contributed by atoms with Gasteiger partial charge in [-0.1, -0.05) is 6.92 Å². The van der Waals surface area contributed by atoms with E-state index in [-0.39, 0.29) is 29.8 Å². The molecule has 0 aliphatic rings. The molecule has 1 heterocycles. The second-order valence-electron chi connectivity index (χ2n) is 4.48. The molecule has 1 atom stereocenters. The summed E-state index contributed by atoms with van der Waals surface area (Å²) in [7, 11) is -3.45. The summed E-state index contributed by atoms with van der Waals surface area (Å²) >= 11 is 0. The molecule has 0 saturated heterocycles. The molecule has 2 N–H and O–H groups in total. The van der Waals surface area contributed by atoms with E-state index in [2.05, 4.69) is 4.98 Å². The van der Waals surface area contributed by atoms with Gasteiger partial charge in [-0.05, 0) is 40.8 Å². The first-order valence-electron chi connectivity index (χ1n) is 6.02. The van der Waals surface area contributed by atoms with E-state index < -0.39 is 14.9 Å². The van der Waals surface area contributed by atoms with Gasteiger partial charge in [-0.3, -0.25) is 0 Å². The highest BCUT2D eigenvalue weighted by Gasteiger charge is 2.16. The third-order valence-electron chi connectivity index (χ3n) is 2.69. The van der Waals surface area contributed by atoms with Crippen molar-refractivity contribution in [2.75, 3.05) is 12.4 Å². The Hall–Kier alpha value is -1.74. The fourth-order valence-corrected chi connectivity index (χ4v) is 2.24. The van der Waals surface area contributed by atoms with E-state index in [1.54, 1.807) is 6.07 Å². The molecule has 1 unspecified atom stereocenters. The van der Waals surface area contributed by atoms with Gasteiger partial charge in [0.1, 0.15) is 6.20 Å². The van der Waals surface area contributed by atoms with Crippen LogP contribution in [0.25, 0.3) is 0 Å². The fourth-order valence-electron chi connectivity index (χ4n) is 1.51. The number of pyridine rings is 1. The van der Waals surface area contributed by atoms with Gasteiger partial charge in [-0.25, -0.2) is 13.6 Å². The van der Waals surface area contributed by atoms with Gasteiger partial charge < -0.3 is 14.9 Å². The molecule has 0 aromatic carbocycles. The minimum atomic E-state index is -3.45. The Bertz CT molecular complexity index is 561. The van der Waals surface area contributed by atoms with Crippen molar-refractivity contribution in [2.45, 2.75) is 19.8 Å². The van der Waals surface area contributed by atoms with E-state index in [4.69, 9.17) is 9.88 Å². The van der Waals surface area contributed by atoms with Crippen LogP contribution in [0.15, 0.2) is 18.3 Å². The van der Waals surface area contributed by atoms with E-state index in [0.717, 1.165) is 0 Å². The van der Waals surface area contributed by atoms with Gasteiger partial charge in [0.05, 0.1) is 12.4 Å². The summed E-state index contributed by atoms with van der Waals surface area (Å²) in [5, 5.41) is 15.6. The largest absolute Gasteiger partial charge is 0.486 e. The number of nitrogens with two attached hydrogens (primary N) is 1. The van der Waals surface area contributed by atoms with Gasteiger partial charge in [0.2, 0.25) is 15.8 Å².